The van der Waals surface area contributed by atoms with Crippen LogP contribution in [0.3, 0.4) is 0 Å². The number of benzene rings is 2. The van der Waals surface area contributed by atoms with E-state index in [2.05, 4.69) is 15.5 Å². The van der Waals surface area contributed by atoms with Crippen LogP contribution < -0.4 is 10.1 Å². The number of ether oxygens (including phenoxy) is 2. The van der Waals surface area contributed by atoms with Crippen molar-refractivity contribution >= 4 is 27.3 Å². The zero-order valence-corrected chi connectivity index (χ0v) is 19.9. The molecule has 1 aliphatic heterocycles. The Kier molecular flexibility index (Phi) is 7.18. The van der Waals surface area contributed by atoms with Gasteiger partial charge in [-0.15, -0.1) is 0 Å². The molecule has 1 aromatic heterocycles. The number of halogens is 1. The SMILES string of the molecule is CC(C)Oc1ccc(S(=O)(=O)N2CCOCC2)cc1NCc1nc(-c2ccc(Cl)cc2)no1. The van der Waals surface area contributed by atoms with Crippen molar-refractivity contribution in [2.45, 2.75) is 31.4 Å². The molecule has 2 aromatic carbocycles. The van der Waals surface area contributed by atoms with Crippen molar-refractivity contribution in [2.24, 2.45) is 0 Å². The van der Waals surface area contributed by atoms with Crippen LogP contribution in [-0.2, 0) is 21.3 Å². The number of rotatable bonds is 8. The van der Waals surface area contributed by atoms with E-state index in [0.717, 1.165) is 5.56 Å². The molecule has 1 saturated heterocycles. The fourth-order valence-electron chi connectivity index (χ4n) is 3.31. The summed E-state index contributed by atoms with van der Waals surface area (Å²) in [5.41, 5.74) is 1.29. The van der Waals surface area contributed by atoms with Gasteiger partial charge in [0.15, 0.2) is 0 Å². The Morgan fingerprint density at radius 1 is 1.15 bits per heavy atom. The van der Waals surface area contributed by atoms with Gasteiger partial charge in [-0.1, -0.05) is 16.8 Å². The van der Waals surface area contributed by atoms with Crippen LogP contribution in [0.15, 0.2) is 51.9 Å². The summed E-state index contributed by atoms with van der Waals surface area (Å²) < 4.78 is 44.1. The molecular weight excluding hydrogens is 468 g/mol. The third kappa shape index (κ3) is 5.64. The Morgan fingerprint density at radius 2 is 1.88 bits per heavy atom. The molecule has 0 aliphatic carbocycles. The summed E-state index contributed by atoms with van der Waals surface area (Å²) in [6, 6.07) is 11.9. The van der Waals surface area contributed by atoms with Gasteiger partial charge in [0.25, 0.3) is 0 Å². The predicted molar refractivity (Wildman–Crippen MR) is 124 cm³/mol. The highest BCUT2D eigenvalue weighted by atomic mass is 35.5. The second-order valence-electron chi connectivity index (χ2n) is 7.71. The Hall–Kier alpha value is -2.66. The first-order chi connectivity index (χ1) is 15.8. The molecule has 0 saturated carbocycles. The number of hydrogen-bond donors (Lipinski definition) is 1. The molecular formula is C22H25ClN4O5S. The predicted octanol–water partition coefficient (Wildman–Crippen LogP) is 3.81. The van der Waals surface area contributed by atoms with E-state index in [0.29, 0.717) is 54.5 Å². The van der Waals surface area contributed by atoms with Gasteiger partial charge in [0.05, 0.1) is 36.4 Å². The van der Waals surface area contributed by atoms with Crippen molar-refractivity contribution in [3.05, 3.63) is 53.4 Å². The first-order valence-electron chi connectivity index (χ1n) is 10.5. The number of nitrogens with zero attached hydrogens (tertiary/aromatic N) is 3. The van der Waals surface area contributed by atoms with E-state index in [4.69, 9.17) is 25.6 Å². The molecule has 0 bridgehead atoms. The van der Waals surface area contributed by atoms with E-state index in [9.17, 15) is 8.42 Å². The highest BCUT2D eigenvalue weighted by Gasteiger charge is 2.27. The quantitative estimate of drug-likeness (QED) is 0.506. The smallest absolute Gasteiger partial charge is 0.246 e. The third-order valence-corrected chi connectivity index (χ3v) is 7.07. The second-order valence-corrected chi connectivity index (χ2v) is 10.1. The molecule has 0 spiro atoms. The van der Waals surface area contributed by atoms with Crippen LogP contribution >= 0.6 is 11.6 Å². The van der Waals surface area contributed by atoms with Gasteiger partial charge >= 0.3 is 0 Å². The minimum absolute atomic E-state index is 0.0906. The minimum Gasteiger partial charge on any atom is -0.489 e. The number of morpholine rings is 1. The molecule has 4 rings (SSSR count). The minimum atomic E-state index is -3.65. The van der Waals surface area contributed by atoms with E-state index in [-0.39, 0.29) is 17.5 Å². The first-order valence-corrected chi connectivity index (χ1v) is 12.4. The largest absolute Gasteiger partial charge is 0.489 e. The van der Waals surface area contributed by atoms with Gasteiger partial charge in [0.2, 0.25) is 21.7 Å². The van der Waals surface area contributed by atoms with Crippen molar-refractivity contribution < 1.29 is 22.4 Å². The average molecular weight is 493 g/mol. The molecule has 1 aliphatic rings. The normalized spacial score (nSPS) is 15.0. The van der Waals surface area contributed by atoms with Gasteiger partial charge < -0.3 is 19.3 Å². The summed E-state index contributed by atoms with van der Waals surface area (Å²) in [4.78, 5) is 4.57. The van der Waals surface area contributed by atoms with Crippen molar-refractivity contribution in [3.63, 3.8) is 0 Å². The van der Waals surface area contributed by atoms with Gasteiger partial charge in [-0.2, -0.15) is 9.29 Å². The summed E-state index contributed by atoms with van der Waals surface area (Å²) >= 11 is 5.93. The lowest BCUT2D eigenvalue weighted by atomic mass is 10.2. The molecule has 0 radical (unpaired) electrons. The fourth-order valence-corrected chi connectivity index (χ4v) is 4.87. The average Bonchev–Trinajstić information content (AvgIpc) is 3.28. The van der Waals surface area contributed by atoms with Gasteiger partial charge in [0, 0.05) is 23.7 Å². The van der Waals surface area contributed by atoms with E-state index >= 15 is 0 Å². The Balaban J connectivity index is 1.55. The standard InChI is InChI=1S/C22H25ClN4O5S/c1-15(2)31-20-8-7-18(33(28,29)27-9-11-30-12-10-27)13-19(20)24-14-21-25-22(26-32-21)16-3-5-17(23)6-4-16/h3-8,13,15,24H,9-12,14H2,1-2H3. The zero-order valence-electron chi connectivity index (χ0n) is 18.3. The van der Waals surface area contributed by atoms with Gasteiger partial charge in [0.1, 0.15) is 5.75 Å². The first kappa shape index (κ1) is 23.5. The van der Waals surface area contributed by atoms with E-state index < -0.39 is 10.0 Å². The van der Waals surface area contributed by atoms with Crippen LogP contribution in [0.5, 0.6) is 5.75 Å². The van der Waals surface area contributed by atoms with Crippen molar-refractivity contribution in [3.8, 4) is 17.1 Å². The molecule has 1 fully saturated rings. The summed E-state index contributed by atoms with van der Waals surface area (Å²) in [5.74, 6) is 1.31. The lowest BCUT2D eigenvalue weighted by molar-refractivity contribution is 0.0730. The number of anilines is 1. The zero-order chi connectivity index (χ0) is 23.4. The molecule has 0 amide bonds. The molecule has 2 heterocycles. The van der Waals surface area contributed by atoms with Gasteiger partial charge in [-0.25, -0.2) is 8.42 Å². The van der Waals surface area contributed by atoms with Gasteiger partial charge in [-0.3, -0.25) is 0 Å². The van der Waals surface area contributed by atoms with Crippen LogP contribution in [0.25, 0.3) is 11.4 Å². The molecule has 0 unspecified atom stereocenters. The maximum Gasteiger partial charge on any atom is 0.246 e. The van der Waals surface area contributed by atoms with Crippen molar-refractivity contribution in [2.75, 3.05) is 31.6 Å². The molecule has 0 atom stereocenters. The Labute approximate surface area is 197 Å². The lowest BCUT2D eigenvalue weighted by Gasteiger charge is -2.26. The molecule has 33 heavy (non-hydrogen) atoms. The summed E-state index contributed by atoms with van der Waals surface area (Å²) in [7, 11) is -3.65. The summed E-state index contributed by atoms with van der Waals surface area (Å²) in [6.45, 7) is 5.40. The van der Waals surface area contributed by atoms with E-state index in [1.807, 2.05) is 13.8 Å². The maximum atomic E-state index is 13.1. The topological polar surface area (TPSA) is 107 Å². The lowest BCUT2D eigenvalue weighted by Crippen LogP contribution is -2.40. The molecule has 1 N–H and O–H groups in total. The summed E-state index contributed by atoms with van der Waals surface area (Å²) in [5, 5.41) is 7.80. The monoisotopic (exact) mass is 492 g/mol. The third-order valence-electron chi connectivity index (χ3n) is 4.92. The van der Waals surface area contributed by atoms with Crippen LogP contribution in [0, 0.1) is 0 Å². The number of nitrogens with one attached hydrogen (secondary N) is 1. The van der Waals surface area contributed by atoms with Crippen molar-refractivity contribution in [1.29, 1.82) is 0 Å². The highest BCUT2D eigenvalue weighted by molar-refractivity contribution is 7.89. The molecule has 9 nitrogen and oxygen atoms in total. The number of sulfonamides is 1. The highest BCUT2D eigenvalue weighted by Crippen LogP contribution is 2.31. The van der Waals surface area contributed by atoms with Gasteiger partial charge in [-0.05, 0) is 56.3 Å². The number of aromatic nitrogens is 2. The van der Waals surface area contributed by atoms with Crippen LogP contribution in [-0.4, -0.2) is 55.3 Å². The van der Waals surface area contributed by atoms with Crippen LogP contribution in [0.2, 0.25) is 5.02 Å². The Bertz CT molecular complexity index is 1190. The molecule has 11 heteroatoms. The van der Waals surface area contributed by atoms with E-state index in [1.54, 1.807) is 42.5 Å². The van der Waals surface area contributed by atoms with E-state index in [1.165, 1.54) is 4.31 Å². The molecule has 176 valence electrons. The Morgan fingerprint density at radius 3 is 2.58 bits per heavy atom. The molecule has 3 aromatic rings. The van der Waals surface area contributed by atoms with Crippen LogP contribution in [0.1, 0.15) is 19.7 Å². The van der Waals surface area contributed by atoms with Crippen molar-refractivity contribution in [1.82, 2.24) is 14.4 Å². The number of hydrogen-bond acceptors (Lipinski definition) is 8. The fraction of sp³-hybridized carbons (Fsp3) is 0.364. The summed E-state index contributed by atoms with van der Waals surface area (Å²) in [6.07, 6.45) is -0.0906. The second kappa shape index (κ2) is 10.1. The maximum absolute atomic E-state index is 13.1. The van der Waals surface area contributed by atoms with Crippen LogP contribution in [0.4, 0.5) is 5.69 Å².